The first-order valence-corrected chi connectivity index (χ1v) is 8.21. The zero-order valence-electron chi connectivity index (χ0n) is 11.0. The summed E-state index contributed by atoms with van der Waals surface area (Å²) in [4.78, 5) is 12.3. The van der Waals surface area contributed by atoms with Crippen LogP contribution in [0.1, 0.15) is 16.9 Å². The van der Waals surface area contributed by atoms with Crippen LogP contribution in [0.4, 0.5) is 0 Å². The van der Waals surface area contributed by atoms with Gasteiger partial charge >= 0.3 is 0 Å². The summed E-state index contributed by atoms with van der Waals surface area (Å²) in [6.07, 6.45) is 0.471. The molecule has 0 radical (unpaired) electrons. The quantitative estimate of drug-likeness (QED) is 0.874. The number of carbonyl (C=O) groups excluding carboxylic acids is 1. The van der Waals surface area contributed by atoms with Crippen LogP contribution >= 0.6 is 0 Å². The van der Waals surface area contributed by atoms with E-state index in [1.165, 1.54) is 0 Å². The maximum atomic E-state index is 12.3. The van der Waals surface area contributed by atoms with Gasteiger partial charge in [-0.05, 0) is 12.5 Å². The van der Waals surface area contributed by atoms with Gasteiger partial charge in [0.05, 0.1) is 17.0 Å². The molecule has 1 N–H and O–H groups in total. The fourth-order valence-corrected chi connectivity index (χ4v) is 4.22. The van der Waals surface area contributed by atoms with Crippen LogP contribution in [0, 0.1) is 0 Å². The zero-order valence-corrected chi connectivity index (χ0v) is 11.9. The Labute approximate surface area is 116 Å². The molecule has 3 rings (SSSR count). The number of aryl methyl sites for hydroxylation is 1. The molecule has 1 aliphatic heterocycles. The number of nitrogens with zero attached hydrogens (tertiary/aromatic N) is 2. The Morgan fingerprint density at radius 2 is 2.15 bits per heavy atom. The number of rotatable bonds is 2. The van der Waals surface area contributed by atoms with E-state index in [0.29, 0.717) is 12.1 Å². The summed E-state index contributed by atoms with van der Waals surface area (Å²) in [6.45, 7) is 0. The molecule has 1 fully saturated rings. The van der Waals surface area contributed by atoms with E-state index in [1.54, 1.807) is 11.7 Å². The van der Waals surface area contributed by atoms with Crippen molar-refractivity contribution in [1.29, 1.82) is 0 Å². The zero-order chi connectivity index (χ0) is 14.3. The molecule has 0 aliphatic carbocycles. The van der Waals surface area contributed by atoms with Crippen molar-refractivity contribution >= 4 is 26.6 Å². The monoisotopic (exact) mass is 293 g/mol. The fourth-order valence-electron chi connectivity index (χ4n) is 2.54. The van der Waals surface area contributed by atoms with E-state index in [0.717, 1.165) is 10.9 Å². The minimum Gasteiger partial charge on any atom is -0.347 e. The number of hydrogen-bond acceptors (Lipinski definition) is 4. The average Bonchev–Trinajstić information content (AvgIpc) is 2.91. The van der Waals surface area contributed by atoms with Crippen LogP contribution in [0.2, 0.25) is 0 Å². The van der Waals surface area contributed by atoms with Crippen molar-refractivity contribution in [3.8, 4) is 0 Å². The van der Waals surface area contributed by atoms with Gasteiger partial charge < -0.3 is 5.32 Å². The van der Waals surface area contributed by atoms with Gasteiger partial charge in [-0.2, -0.15) is 5.10 Å². The molecule has 1 amide bonds. The molecule has 20 heavy (non-hydrogen) atoms. The first kappa shape index (κ1) is 13.1. The molecule has 1 aliphatic rings. The van der Waals surface area contributed by atoms with E-state index in [9.17, 15) is 13.2 Å². The third-order valence-electron chi connectivity index (χ3n) is 3.54. The molecular weight excluding hydrogens is 278 g/mol. The molecular formula is C13H15N3O3S. The molecule has 2 heterocycles. The van der Waals surface area contributed by atoms with E-state index in [-0.39, 0.29) is 23.5 Å². The van der Waals surface area contributed by atoms with Gasteiger partial charge in [0, 0.05) is 18.5 Å². The Hall–Kier alpha value is -1.89. The van der Waals surface area contributed by atoms with Gasteiger partial charge in [-0.3, -0.25) is 9.48 Å². The predicted octanol–water partition coefficient (Wildman–Crippen LogP) is 0.490. The first-order chi connectivity index (χ1) is 9.46. The van der Waals surface area contributed by atoms with E-state index in [4.69, 9.17) is 0 Å². The topological polar surface area (TPSA) is 81.1 Å². The highest BCUT2D eigenvalue weighted by Gasteiger charge is 2.30. The number of sulfone groups is 1. The second-order valence-corrected chi connectivity index (χ2v) is 7.29. The molecule has 0 unspecified atom stereocenters. The van der Waals surface area contributed by atoms with Gasteiger partial charge in [-0.25, -0.2) is 8.42 Å². The third-order valence-corrected chi connectivity index (χ3v) is 5.31. The summed E-state index contributed by atoms with van der Waals surface area (Å²) in [5.41, 5.74) is 1.21. The van der Waals surface area contributed by atoms with Gasteiger partial charge in [0.2, 0.25) is 0 Å². The van der Waals surface area contributed by atoms with Crippen LogP contribution in [-0.2, 0) is 16.9 Å². The molecule has 1 aromatic heterocycles. The third kappa shape index (κ3) is 2.29. The van der Waals surface area contributed by atoms with Crippen LogP contribution in [0.25, 0.3) is 10.9 Å². The highest BCUT2D eigenvalue weighted by Crippen LogP contribution is 2.18. The van der Waals surface area contributed by atoms with E-state index < -0.39 is 9.84 Å². The second-order valence-electron chi connectivity index (χ2n) is 5.06. The van der Waals surface area contributed by atoms with Crippen molar-refractivity contribution in [3.05, 3.63) is 30.0 Å². The lowest BCUT2D eigenvalue weighted by Gasteiger charge is -2.09. The smallest absolute Gasteiger partial charge is 0.272 e. The maximum absolute atomic E-state index is 12.3. The Balaban J connectivity index is 1.87. The molecule has 0 bridgehead atoms. The first-order valence-electron chi connectivity index (χ1n) is 6.39. The van der Waals surface area contributed by atoms with Gasteiger partial charge in [0.1, 0.15) is 0 Å². The lowest BCUT2D eigenvalue weighted by molar-refractivity contribution is 0.0937. The lowest BCUT2D eigenvalue weighted by atomic mass is 10.2. The van der Waals surface area contributed by atoms with Gasteiger partial charge in [0.25, 0.3) is 5.91 Å². The van der Waals surface area contributed by atoms with Crippen LogP contribution < -0.4 is 5.32 Å². The molecule has 1 saturated heterocycles. The molecule has 0 spiro atoms. The summed E-state index contributed by atoms with van der Waals surface area (Å²) in [6, 6.07) is 7.14. The highest BCUT2D eigenvalue weighted by atomic mass is 32.2. The number of amides is 1. The number of nitrogens with one attached hydrogen (secondary N) is 1. The lowest BCUT2D eigenvalue weighted by Crippen LogP contribution is -2.35. The van der Waals surface area contributed by atoms with Crippen LogP contribution in [0.5, 0.6) is 0 Å². The fraction of sp³-hybridized carbons (Fsp3) is 0.385. The van der Waals surface area contributed by atoms with E-state index >= 15 is 0 Å². The SMILES string of the molecule is Cn1nc(C(=O)N[C@@H]2CCS(=O)(=O)C2)c2ccccc21. The molecule has 2 aromatic rings. The number of fused-ring (bicyclic) bond motifs is 1. The Bertz CT molecular complexity index is 779. The molecule has 7 heteroatoms. The summed E-state index contributed by atoms with van der Waals surface area (Å²) in [5, 5.41) is 7.76. The average molecular weight is 293 g/mol. The Morgan fingerprint density at radius 1 is 1.40 bits per heavy atom. The maximum Gasteiger partial charge on any atom is 0.272 e. The normalized spacial score (nSPS) is 21.1. The number of hydrogen-bond donors (Lipinski definition) is 1. The van der Waals surface area contributed by atoms with Crippen molar-refractivity contribution in [1.82, 2.24) is 15.1 Å². The molecule has 0 saturated carbocycles. The second kappa shape index (κ2) is 4.59. The molecule has 1 atom stereocenters. The van der Waals surface area contributed by atoms with Gasteiger partial charge in [-0.1, -0.05) is 18.2 Å². The molecule has 106 valence electrons. The van der Waals surface area contributed by atoms with Crippen molar-refractivity contribution in [3.63, 3.8) is 0 Å². The number of carbonyl (C=O) groups is 1. The van der Waals surface area contributed by atoms with E-state index in [2.05, 4.69) is 10.4 Å². The van der Waals surface area contributed by atoms with Crippen LogP contribution in [0.3, 0.4) is 0 Å². The van der Waals surface area contributed by atoms with Gasteiger partial charge in [0.15, 0.2) is 15.5 Å². The largest absolute Gasteiger partial charge is 0.347 e. The number of benzene rings is 1. The number of para-hydroxylation sites is 1. The summed E-state index contributed by atoms with van der Waals surface area (Å²) < 4.78 is 24.5. The van der Waals surface area contributed by atoms with E-state index in [1.807, 2.05) is 24.3 Å². The van der Waals surface area contributed by atoms with Gasteiger partial charge in [-0.15, -0.1) is 0 Å². The number of aromatic nitrogens is 2. The predicted molar refractivity (Wildman–Crippen MR) is 75.2 cm³/mol. The van der Waals surface area contributed by atoms with Crippen molar-refractivity contribution in [2.75, 3.05) is 11.5 Å². The van der Waals surface area contributed by atoms with Crippen LogP contribution in [-0.4, -0.2) is 41.7 Å². The molecule has 6 nitrogen and oxygen atoms in total. The van der Waals surface area contributed by atoms with Crippen molar-refractivity contribution in [2.45, 2.75) is 12.5 Å². The Morgan fingerprint density at radius 3 is 2.85 bits per heavy atom. The highest BCUT2D eigenvalue weighted by molar-refractivity contribution is 7.91. The van der Waals surface area contributed by atoms with Crippen molar-refractivity contribution < 1.29 is 13.2 Å². The summed E-state index contributed by atoms with van der Waals surface area (Å²) >= 11 is 0. The summed E-state index contributed by atoms with van der Waals surface area (Å²) in [7, 11) is -1.22. The molecule has 1 aromatic carbocycles. The minimum atomic E-state index is -3.00. The summed E-state index contributed by atoms with van der Waals surface area (Å²) in [5.74, 6) is -0.159. The standard InChI is InChI=1S/C13H15N3O3S/c1-16-11-5-3-2-4-10(11)12(15-16)13(17)14-9-6-7-20(18,19)8-9/h2-5,9H,6-8H2,1H3,(H,14,17)/t9-/m1/s1. The van der Waals surface area contributed by atoms with Crippen molar-refractivity contribution in [2.24, 2.45) is 7.05 Å². The Kier molecular flexibility index (Phi) is 3.01. The minimum absolute atomic E-state index is 0.0174. The van der Waals surface area contributed by atoms with Crippen LogP contribution in [0.15, 0.2) is 24.3 Å².